The maximum atomic E-state index is 13.2. The fraction of sp³-hybridized carbons (Fsp3) is 0.381. The summed E-state index contributed by atoms with van der Waals surface area (Å²) in [5.74, 6) is 1.31. The molecule has 142 valence electrons. The van der Waals surface area contributed by atoms with E-state index in [-0.39, 0.29) is 5.91 Å². The Balaban J connectivity index is 1.95. The Morgan fingerprint density at radius 3 is 2.63 bits per heavy atom. The van der Waals surface area contributed by atoms with Crippen LogP contribution in [0.25, 0.3) is 11.2 Å². The standard InChI is InChI=1S/C21H25IN4O/c1-4-12-26-19(24-18-6-5-11-23-20(18)26)14-25(13-15(2)3)21(27)16-7-9-17(22)10-8-16/h5-11,15H,4,12-14H2,1-3H3. The van der Waals surface area contributed by atoms with E-state index in [9.17, 15) is 4.79 Å². The molecule has 2 heterocycles. The molecule has 5 nitrogen and oxygen atoms in total. The highest BCUT2D eigenvalue weighted by molar-refractivity contribution is 14.1. The third kappa shape index (κ3) is 4.66. The molecule has 0 aliphatic rings. The van der Waals surface area contributed by atoms with E-state index in [1.165, 1.54) is 0 Å². The molecule has 3 rings (SSSR count). The van der Waals surface area contributed by atoms with Crippen molar-refractivity contribution in [2.75, 3.05) is 6.54 Å². The second-order valence-corrected chi connectivity index (χ2v) is 8.36. The lowest BCUT2D eigenvalue weighted by molar-refractivity contribution is 0.0716. The quantitative estimate of drug-likeness (QED) is 0.463. The van der Waals surface area contributed by atoms with Gasteiger partial charge in [-0.3, -0.25) is 4.79 Å². The average molecular weight is 476 g/mol. The summed E-state index contributed by atoms with van der Waals surface area (Å²) >= 11 is 2.25. The second-order valence-electron chi connectivity index (χ2n) is 7.11. The lowest BCUT2D eigenvalue weighted by atomic mass is 10.1. The Labute approximate surface area is 173 Å². The Kier molecular flexibility index (Phi) is 6.46. The van der Waals surface area contributed by atoms with Gasteiger partial charge in [0.1, 0.15) is 11.3 Å². The summed E-state index contributed by atoms with van der Waals surface area (Å²) in [6.07, 6.45) is 2.78. The van der Waals surface area contributed by atoms with Crippen LogP contribution in [-0.4, -0.2) is 31.9 Å². The first kappa shape index (κ1) is 19.8. The number of aryl methyl sites for hydroxylation is 1. The molecule has 27 heavy (non-hydrogen) atoms. The number of carbonyl (C=O) groups is 1. The van der Waals surface area contributed by atoms with Gasteiger partial charge in [0.05, 0.1) is 6.54 Å². The first-order valence-corrected chi connectivity index (χ1v) is 10.4. The summed E-state index contributed by atoms with van der Waals surface area (Å²) in [6, 6.07) is 11.6. The third-order valence-electron chi connectivity index (χ3n) is 4.33. The van der Waals surface area contributed by atoms with Crippen LogP contribution in [0.3, 0.4) is 0 Å². The molecule has 3 aromatic rings. The van der Waals surface area contributed by atoms with Gasteiger partial charge in [-0.15, -0.1) is 0 Å². The molecule has 0 aliphatic heterocycles. The van der Waals surface area contributed by atoms with Crippen LogP contribution in [0.5, 0.6) is 0 Å². The zero-order valence-electron chi connectivity index (χ0n) is 16.0. The van der Waals surface area contributed by atoms with Crippen molar-refractivity contribution in [3.05, 3.63) is 57.6 Å². The van der Waals surface area contributed by atoms with Crippen LogP contribution in [-0.2, 0) is 13.1 Å². The van der Waals surface area contributed by atoms with Gasteiger partial charge in [-0.2, -0.15) is 0 Å². The van der Waals surface area contributed by atoms with E-state index in [4.69, 9.17) is 4.98 Å². The van der Waals surface area contributed by atoms with Crippen LogP contribution in [0, 0.1) is 9.49 Å². The molecular weight excluding hydrogens is 451 g/mol. The molecule has 2 aromatic heterocycles. The molecule has 1 aromatic carbocycles. The first-order valence-electron chi connectivity index (χ1n) is 9.34. The summed E-state index contributed by atoms with van der Waals surface area (Å²) in [6.45, 7) is 8.42. The number of nitrogens with zero attached hydrogens (tertiary/aromatic N) is 4. The number of hydrogen-bond acceptors (Lipinski definition) is 3. The third-order valence-corrected chi connectivity index (χ3v) is 5.05. The highest BCUT2D eigenvalue weighted by Gasteiger charge is 2.21. The lowest BCUT2D eigenvalue weighted by Crippen LogP contribution is -2.34. The number of halogens is 1. The van der Waals surface area contributed by atoms with Gasteiger partial charge in [-0.05, 0) is 71.3 Å². The number of aromatic nitrogens is 3. The number of amides is 1. The van der Waals surface area contributed by atoms with Crippen LogP contribution in [0.1, 0.15) is 43.4 Å². The van der Waals surface area contributed by atoms with Crippen LogP contribution in [0.15, 0.2) is 42.6 Å². The normalized spacial score (nSPS) is 11.3. The van der Waals surface area contributed by atoms with Gasteiger partial charge in [0.25, 0.3) is 5.91 Å². The van der Waals surface area contributed by atoms with Crippen molar-refractivity contribution in [1.29, 1.82) is 0 Å². The minimum absolute atomic E-state index is 0.0446. The Morgan fingerprint density at radius 2 is 1.96 bits per heavy atom. The molecule has 0 saturated heterocycles. The van der Waals surface area contributed by atoms with Gasteiger partial charge >= 0.3 is 0 Å². The molecule has 0 bridgehead atoms. The van der Waals surface area contributed by atoms with E-state index >= 15 is 0 Å². The topological polar surface area (TPSA) is 51.0 Å². The van der Waals surface area contributed by atoms with Crippen LogP contribution < -0.4 is 0 Å². The minimum atomic E-state index is 0.0446. The summed E-state index contributed by atoms with van der Waals surface area (Å²) in [7, 11) is 0. The molecule has 0 aliphatic carbocycles. The summed E-state index contributed by atoms with van der Waals surface area (Å²) in [4.78, 5) is 24.3. The van der Waals surface area contributed by atoms with E-state index in [2.05, 4.69) is 52.9 Å². The maximum Gasteiger partial charge on any atom is 0.254 e. The van der Waals surface area contributed by atoms with Crippen molar-refractivity contribution in [2.45, 2.75) is 40.3 Å². The van der Waals surface area contributed by atoms with Crippen molar-refractivity contribution in [3.8, 4) is 0 Å². The van der Waals surface area contributed by atoms with Crippen molar-refractivity contribution < 1.29 is 4.79 Å². The van der Waals surface area contributed by atoms with E-state index in [0.717, 1.165) is 33.5 Å². The zero-order valence-corrected chi connectivity index (χ0v) is 18.2. The zero-order chi connectivity index (χ0) is 19.4. The number of fused-ring (bicyclic) bond motifs is 1. The molecule has 0 N–H and O–H groups in total. The lowest BCUT2D eigenvalue weighted by Gasteiger charge is -2.25. The van der Waals surface area contributed by atoms with Gasteiger partial charge in [-0.1, -0.05) is 20.8 Å². The van der Waals surface area contributed by atoms with Crippen LogP contribution in [0.4, 0.5) is 0 Å². The maximum absolute atomic E-state index is 13.2. The van der Waals surface area contributed by atoms with E-state index in [1.54, 1.807) is 6.20 Å². The van der Waals surface area contributed by atoms with Crippen molar-refractivity contribution in [2.24, 2.45) is 5.92 Å². The molecule has 1 amide bonds. The van der Waals surface area contributed by atoms with E-state index in [0.29, 0.717) is 24.6 Å². The number of imidazole rings is 1. The fourth-order valence-electron chi connectivity index (χ4n) is 3.19. The highest BCUT2D eigenvalue weighted by Crippen LogP contribution is 2.18. The van der Waals surface area contributed by atoms with Crippen molar-refractivity contribution in [1.82, 2.24) is 19.4 Å². The number of carbonyl (C=O) groups excluding carboxylic acids is 1. The molecular formula is C21H25IN4O. The number of benzene rings is 1. The van der Waals surface area contributed by atoms with Gasteiger partial charge in [0, 0.05) is 28.4 Å². The highest BCUT2D eigenvalue weighted by atomic mass is 127. The van der Waals surface area contributed by atoms with E-state index < -0.39 is 0 Å². The van der Waals surface area contributed by atoms with Gasteiger partial charge in [0.15, 0.2) is 5.65 Å². The summed E-state index contributed by atoms with van der Waals surface area (Å²) in [5, 5.41) is 0. The summed E-state index contributed by atoms with van der Waals surface area (Å²) in [5.41, 5.74) is 2.49. The molecule has 0 atom stereocenters. The SMILES string of the molecule is CCCn1c(CN(CC(C)C)C(=O)c2ccc(I)cc2)nc2cccnc21. The summed E-state index contributed by atoms with van der Waals surface area (Å²) < 4.78 is 3.26. The average Bonchev–Trinajstić information content (AvgIpc) is 2.99. The second kappa shape index (κ2) is 8.82. The number of pyridine rings is 1. The van der Waals surface area contributed by atoms with Gasteiger partial charge < -0.3 is 9.47 Å². The Hall–Kier alpha value is -1.96. The van der Waals surface area contributed by atoms with Crippen LogP contribution >= 0.6 is 22.6 Å². The minimum Gasteiger partial charge on any atom is -0.331 e. The predicted octanol–water partition coefficient (Wildman–Crippen LogP) is 4.74. The number of rotatable bonds is 7. The van der Waals surface area contributed by atoms with E-state index in [1.807, 2.05) is 41.3 Å². The molecule has 0 spiro atoms. The fourth-order valence-corrected chi connectivity index (χ4v) is 3.55. The molecule has 0 radical (unpaired) electrons. The van der Waals surface area contributed by atoms with Gasteiger partial charge in [-0.25, -0.2) is 9.97 Å². The monoisotopic (exact) mass is 476 g/mol. The molecule has 0 fully saturated rings. The molecule has 0 unspecified atom stereocenters. The molecule has 6 heteroatoms. The molecule has 0 saturated carbocycles. The van der Waals surface area contributed by atoms with Crippen LogP contribution in [0.2, 0.25) is 0 Å². The van der Waals surface area contributed by atoms with Gasteiger partial charge in [0.2, 0.25) is 0 Å². The van der Waals surface area contributed by atoms with Crippen molar-refractivity contribution >= 4 is 39.7 Å². The van der Waals surface area contributed by atoms with Crippen molar-refractivity contribution in [3.63, 3.8) is 0 Å². The largest absolute Gasteiger partial charge is 0.331 e. The Bertz CT molecular complexity index is 918. The first-order chi connectivity index (χ1) is 13.0. The smallest absolute Gasteiger partial charge is 0.254 e. The predicted molar refractivity (Wildman–Crippen MR) is 117 cm³/mol. The Morgan fingerprint density at radius 1 is 1.22 bits per heavy atom. The number of hydrogen-bond donors (Lipinski definition) is 0.